The highest BCUT2D eigenvalue weighted by molar-refractivity contribution is 6.05. The van der Waals surface area contributed by atoms with E-state index in [1.807, 2.05) is 12.1 Å². The summed E-state index contributed by atoms with van der Waals surface area (Å²) in [5.74, 6) is 0.650. The van der Waals surface area contributed by atoms with Crippen LogP contribution >= 0.6 is 0 Å². The zero-order chi connectivity index (χ0) is 13.9. The molecule has 20 heavy (non-hydrogen) atoms. The Morgan fingerprint density at radius 2 is 1.80 bits per heavy atom. The van der Waals surface area contributed by atoms with E-state index in [1.165, 1.54) is 16.0 Å². The van der Waals surface area contributed by atoms with E-state index in [2.05, 4.69) is 19.1 Å². The van der Waals surface area contributed by atoms with Gasteiger partial charge < -0.3 is 4.90 Å². The van der Waals surface area contributed by atoms with Crippen LogP contribution in [0.5, 0.6) is 0 Å². The highest BCUT2D eigenvalue weighted by Crippen LogP contribution is 2.37. The minimum atomic E-state index is -0.270. The summed E-state index contributed by atoms with van der Waals surface area (Å²) >= 11 is 0. The van der Waals surface area contributed by atoms with Gasteiger partial charge in [0.15, 0.2) is 0 Å². The summed E-state index contributed by atoms with van der Waals surface area (Å²) in [7, 11) is 0. The third-order valence-electron chi connectivity index (χ3n) is 4.94. The Morgan fingerprint density at radius 1 is 1.10 bits per heavy atom. The molecule has 4 rings (SSSR count). The number of carbonyl (C=O) groups is 2. The van der Waals surface area contributed by atoms with Crippen molar-refractivity contribution in [1.82, 2.24) is 9.80 Å². The highest BCUT2D eigenvalue weighted by atomic mass is 16.2. The number of nitrogens with zero attached hydrogens (tertiary/aromatic N) is 2. The summed E-state index contributed by atoms with van der Waals surface area (Å²) < 4.78 is 0. The van der Waals surface area contributed by atoms with E-state index in [4.69, 9.17) is 0 Å². The van der Waals surface area contributed by atoms with E-state index >= 15 is 0 Å². The molecule has 2 fully saturated rings. The largest absolute Gasteiger partial charge is 0.328 e. The van der Waals surface area contributed by atoms with Gasteiger partial charge in [-0.25, -0.2) is 4.79 Å². The summed E-state index contributed by atoms with van der Waals surface area (Å²) in [5, 5.41) is 0. The molecule has 1 saturated carbocycles. The summed E-state index contributed by atoms with van der Waals surface area (Å²) in [6.45, 7) is 2.74. The molecule has 1 aromatic carbocycles. The van der Waals surface area contributed by atoms with Crippen LogP contribution in [-0.2, 0) is 17.8 Å². The van der Waals surface area contributed by atoms with Gasteiger partial charge in [0.2, 0.25) is 0 Å². The average molecular weight is 270 g/mol. The molecule has 0 bridgehead atoms. The first-order valence-electron chi connectivity index (χ1n) is 7.35. The third-order valence-corrected chi connectivity index (χ3v) is 4.94. The molecule has 1 aromatic rings. The highest BCUT2D eigenvalue weighted by Gasteiger charge is 2.51. The van der Waals surface area contributed by atoms with Crippen molar-refractivity contribution >= 4 is 11.9 Å². The van der Waals surface area contributed by atoms with E-state index in [-0.39, 0.29) is 24.0 Å². The Bertz CT molecular complexity index is 549. The van der Waals surface area contributed by atoms with Crippen molar-refractivity contribution < 1.29 is 9.59 Å². The third kappa shape index (κ3) is 1.54. The van der Waals surface area contributed by atoms with Gasteiger partial charge in [0.25, 0.3) is 5.91 Å². The summed E-state index contributed by atoms with van der Waals surface area (Å²) in [4.78, 5) is 28.4. The van der Waals surface area contributed by atoms with Crippen molar-refractivity contribution in [2.75, 3.05) is 0 Å². The normalized spacial score (nSPS) is 31.9. The Morgan fingerprint density at radius 3 is 2.50 bits per heavy atom. The van der Waals surface area contributed by atoms with Crippen molar-refractivity contribution in [2.45, 2.75) is 44.8 Å². The van der Waals surface area contributed by atoms with Gasteiger partial charge in [-0.05, 0) is 29.9 Å². The summed E-state index contributed by atoms with van der Waals surface area (Å²) in [6.07, 6.45) is 2.59. The molecule has 0 spiro atoms. The second-order valence-electron chi connectivity index (χ2n) is 6.34. The molecule has 4 nitrogen and oxygen atoms in total. The van der Waals surface area contributed by atoms with Gasteiger partial charge >= 0.3 is 6.03 Å². The van der Waals surface area contributed by atoms with Gasteiger partial charge in [-0.3, -0.25) is 9.69 Å². The fraction of sp³-hybridized carbons (Fsp3) is 0.500. The molecule has 1 unspecified atom stereocenters. The summed E-state index contributed by atoms with van der Waals surface area (Å²) in [5.41, 5.74) is 2.38. The minimum absolute atomic E-state index is 0.0152. The predicted molar refractivity (Wildman–Crippen MR) is 73.9 cm³/mol. The molecule has 104 valence electrons. The molecule has 2 aliphatic heterocycles. The fourth-order valence-electron chi connectivity index (χ4n) is 3.74. The first kappa shape index (κ1) is 11.9. The molecule has 3 amide bonds. The van der Waals surface area contributed by atoms with Gasteiger partial charge in [-0.2, -0.15) is 0 Å². The topological polar surface area (TPSA) is 40.6 Å². The number of amides is 3. The molecule has 1 atom stereocenters. The van der Waals surface area contributed by atoms with Gasteiger partial charge in [0.1, 0.15) is 6.04 Å². The lowest BCUT2D eigenvalue weighted by molar-refractivity contribution is -0.131. The van der Waals surface area contributed by atoms with Crippen LogP contribution in [0.15, 0.2) is 24.3 Å². The number of hydrogen-bond donors (Lipinski definition) is 0. The maximum absolute atomic E-state index is 12.6. The molecular weight excluding hydrogens is 252 g/mol. The number of fused-ring (bicyclic) bond motifs is 2. The molecule has 1 aliphatic carbocycles. The van der Waals surface area contributed by atoms with Crippen LogP contribution in [0.3, 0.4) is 0 Å². The SMILES string of the molecule is CC1CC(N2C(=O)C3Cc4ccccc4CN3C2=O)C1. The standard InChI is InChI=1S/C16H18N2O2/c1-10-6-13(7-10)18-15(19)14-8-11-4-2-3-5-12(11)9-17(14)16(18)20/h2-5,10,13-14H,6-9H2,1H3. The van der Waals surface area contributed by atoms with Gasteiger partial charge in [0.05, 0.1) is 0 Å². The number of rotatable bonds is 1. The molecule has 4 heteroatoms. The minimum Gasteiger partial charge on any atom is -0.308 e. The fourth-order valence-corrected chi connectivity index (χ4v) is 3.74. The lowest BCUT2D eigenvalue weighted by Gasteiger charge is -2.37. The number of benzene rings is 1. The van der Waals surface area contributed by atoms with Crippen LogP contribution in [0.2, 0.25) is 0 Å². The summed E-state index contributed by atoms with van der Waals surface area (Å²) in [6, 6.07) is 7.91. The van der Waals surface area contributed by atoms with Crippen molar-refractivity contribution in [3.05, 3.63) is 35.4 Å². The van der Waals surface area contributed by atoms with Crippen LogP contribution in [0.1, 0.15) is 30.9 Å². The molecule has 0 aromatic heterocycles. The van der Waals surface area contributed by atoms with E-state index in [0.717, 1.165) is 12.8 Å². The van der Waals surface area contributed by atoms with Crippen LogP contribution in [0.25, 0.3) is 0 Å². The predicted octanol–water partition coefficient (Wildman–Crippen LogP) is 2.17. The quantitative estimate of drug-likeness (QED) is 0.734. The maximum atomic E-state index is 12.6. The van der Waals surface area contributed by atoms with Crippen molar-refractivity contribution in [2.24, 2.45) is 5.92 Å². The van der Waals surface area contributed by atoms with Gasteiger partial charge in [-0.15, -0.1) is 0 Å². The molecule has 2 heterocycles. The monoisotopic (exact) mass is 270 g/mol. The van der Waals surface area contributed by atoms with Gasteiger partial charge in [0, 0.05) is 19.0 Å². The van der Waals surface area contributed by atoms with Crippen molar-refractivity contribution in [1.29, 1.82) is 0 Å². The van der Waals surface area contributed by atoms with Crippen LogP contribution < -0.4 is 0 Å². The second kappa shape index (κ2) is 4.08. The Hall–Kier alpha value is -1.84. The molecular formula is C16H18N2O2. The molecule has 3 aliphatic rings. The van der Waals surface area contributed by atoms with Gasteiger partial charge in [-0.1, -0.05) is 31.2 Å². The smallest absolute Gasteiger partial charge is 0.308 e. The van der Waals surface area contributed by atoms with Crippen molar-refractivity contribution in [3.63, 3.8) is 0 Å². The van der Waals surface area contributed by atoms with E-state index < -0.39 is 0 Å². The number of carbonyl (C=O) groups excluding carboxylic acids is 2. The average Bonchev–Trinajstić information content (AvgIpc) is 2.65. The first-order valence-corrected chi connectivity index (χ1v) is 7.35. The molecule has 0 N–H and O–H groups in total. The van der Waals surface area contributed by atoms with Crippen LogP contribution in [0, 0.1) is 5.92 Å². The molecule has 0 radical (unpaired) electrons. The number of hydrogen-bond acceptors (Lipinski definition) is 2. The van der Waals surface area contributed by atoms with Crippen LogP contribution in [-0.4, -0.2) is 33.8 Å². The lowest BCUT2D eigenvalue weighted by atomic mass is 9.81. The number of imide groups is 1. The number of urea groups is 1. The lowest BCUT2D eigenvalue weighted by Crippen LogP contribution is -2.47. The van der Waals surface area contributed by atoms with Crippen molar-refractivity contribution in [3.8, 4) is 0 Å². The first-order chi connectivity index (χ1) is 9.65. The van der Waals surface area contributed by atoms with E-state index in [9.17, 15) is 9.59 Å². The Labute approximate surface area is 118 Å². The Balaban J connectivity index is 1.63. The molecule has 1 saturated heterocycles. The Kier molecular flexibility index (Phi) is 2.43. The zero-order valence-corrected chi connectivity index (χ0v) is 11.6. The van der Waals surface area contributed by atoms with E-state index in [1.54, 1.807) is 4.90 Å². The van der Waals surface area contributed by atoms with E-state index in [0.29, 0.717) is 18.9 Å². The maximum Gasteiger partial charge on any atom is 0.328 e. The zero-order valence-electron chi connectivity index (χ0n) is 11.6. The second-order valence-corrected chi connectivity index (χ2v) is 6.34. The van der Waals surface area contributed by atoms with Crippen LogP contribution in [0.4, 0.5) is 4.79 Å².